The Hall–Kier alpha value is -1.14. The molecule has 106 valence electrons. The Labute approximate surface area is 108 Å². The first-order valence-electron chi connectivity index (χ1n) is 5.76. The second-order valence-electron chi connectivity index (χ2n) is 3.25. The van der Waals surface area contributed by atoms with Gasteiger partial charge < -0.3 is 32.8 Å². The first-order chi connectivity index (χ1) is 8.70. The normalized spacial score (nSPS) is 10.1. The lowest BCUT2D eigenvalue weighted by Crippen LogP contribution is -2.18. The van der Waals surface area contributed by atoms with E-state index in [0.717, 1.165) is 0 Å². The predicted octanol–water partition coefficient (Wildman–Crippen LogP) is 0.554. The Bertz CT molecular complexity index is 205. The average molecular weight is 260 g/mol. The van der Waals surface area contributed by atoms with Crippen molar-refractivity contribution >= 4 is 11.9 Å². The van der Waals surface area contributed by atoms with Crippen molar-refractivity contribution < 1.29 is 28.5 Å². The van der Waals surface area contributed by atoms with E-state index in [0.29, 0.717) is 12.8 Å². The Morgan fingerprint density at radius 3 is 1.44 bits per heavy atom. The van der Waals surface area contributed by atoms with Crippen molar-refractivity contribution in [2.75, 3.05) is 39.6 Å². The summed E-state index contributed by atoms with van der Waals surface area (Å²) in [6, 6.07) is 0. The van der Waals surface area contributed by atoms with Crippen LogP contribution in [0.1, 0.15) is 12.8 Å². The van der Waals surface area contributed by atoms with E-state index in [9.17, 15) is 9.59 Å². The molecule has 0 unspecified atom stereocenters. The van der Waals surface area contributed by atoms with Gasteiger partial charge in [-0.1, -0.05) is 0 Å². The molecule has 0 bridgehead atoms. The Balaban J connectivity index is 3.25. The topological polar surface area (TPSA) is 71.1 Å². The van der Waals surface area contributed by atoms with Crippen LogP contribution >= 0.6 is 0 Å². The third kappa shape index (κ3) is 11.3. The molecule has 0 rings (SSSR count). The van der Waals surface area contributed by atoms with Gasteiger partial charge in [-0.2, -0.15) is 0 Å². The second-order valence-corrected chi connectivity index (χ2v) is 3.25. The molecule has 18 heavy (non-hydrogen) atoms. The van der Waals surface area contributed by atoms with E-state index in [1.807, 2.05) is 0 Å². The maximum atomic E-state index is 11.0. The summed E-state index contributed by atoms with van der Waals surface area (Å²) in [6.45, 7) is 7.80. The third-order valence-electron chi connectivity index (χ3n) is 1.63. The van der Waals surface area contributed by atoms with E-state index < -0.39 is 11.9 Å². The predicted molar refractivity (Wildman–Crippen MR) is 63.5 cm³/mol. The lowest BCUT2D eigenvalue weighted by atomic mass is 10.5. The minimum Gasteiger partial charge on any atom is -0.467 e. The molecule has 0 saturated heterocycles. The van der Waals surface area contributed by atoms with Crippen LogP contribution in [-0.2, 0) is 28.5 Å². The van der Waals surface area contributed by atoms with Crippen LogP contribution in [0.5, 0.6) is 0 Å². The summed E-state index contributed by atoms with van der Waals surface area (Å²) >= 11 is 0. The van der Waals surface area contributed by atoms with Gasteiger partial charge in [-0.15, -0.1) is 12.8 Å². The van der Waals surface area contributed by atoms with Gasteiger partial charge in [0, 0.05) is 0 Å². The Morgan fingerprint density at radius 2 is 1.11 bits per heavy atom. The first-order valence-corrected chi connectivity index (χ1v) is 5.76. The van der Waals surface area contributed by atoms with Gasteiger partial charge in [0.05, 0.1) is 26.4 Å². The molecule has 0 N–H and O–H groups in total. The summed E-state index contributed by atoms with van der Waals surface area (Å²) in [5.41, 5.74) is 0. The highest BCUT2D eigenvalue weighted by molar-refractivity contribution is 5.71. The van der Waals surface area contributed by atoms with Crippen LogP contribution in [-0.4, -0.2) is 51.6 Å². The molecule has 0 aliphatic carbocycles. The van der Waals surface area contributed by atoms with E-state index in [1.54, 1.807) is 0 Å². The highest BCUT2D eigenvalue weighted by Gasteiger charge is 2.03. The molecule has 0 atom stereocenters. The Kier molecular flexibility index (Phi) is 11.5. The van der Waals surface area contributed by atoms with Crippen LogP contribution < -0.4 is 0 Å². The summed E-state index contributed by atoms with van der Waals surface area (Å²) in [7, 11) is 0. The van der Waals surface area contributed by atoms with Crippen molar-refractivity contribution in [1.82, 2.24) is 0 Å². The fourth-order valence-corrected chi connectivity index (χ4v) is 0.884. The maximum absolute atomic E-state index is 11.0. The van der Waals surface area contributed by atoms with Crippen molar-refractivity contribution in [3.8, 4) is 0 Å². The van der Waals surface area contributed by atoms with E-state index >= 15 is 0 Å². The first kappa shape index (κ1) is 16.9. The molecule has 0 spiro atoms. The monoisotopic (exact) mass is 260 g/mol. The molecule has 0 saturated carbocycles. The van der Waals surface area contributed by atoms with Crippen molar-refractivity contribution in [2.24, 2.45) is 0 Å². The zero-order chi connectivity index (χ0) is 13.6. The van der Waals surface area contributed by atoms with Crippen LogP contribution in [0.25, 0.3) is 0 Å². The number of carbonyl (C=O) groups excluding carboxylic acids is 2. The third-order valence-corrected chi connectivity index (χ3v) is 1.63. The van der Waals surface area contributed by atoms with Gasteiger partial charge in [-0.05, 0) is 0 Å². The van der Waals surface area contributed by atoms with Crippen LogP contribution in [0.2, 0.25) is 0 Å². The minimum atomic E-state index is -0.437. The Morgan fingerprint density at radius 1 is 0.722 bits per heavy atom. The van der Waals surface area contributed by atoms with Gasteiger partial charge in [0.25, 0.3) is 0 Å². The van der Waals surface area contributed by atoms with Gasteiger partial charge in [-0.3, -0.25) is 0 Å². The number of hydrogen-bond acceptors (Lipinski definition) is 6. The largest absolute Gasteiger partial charge is 0.467 e. The molecule has 0 aromatic heterocycles. The SMILES string of the molecule is [CH2-]CCOC(=O)COCCOCC(=O)OCC[CH2-]. The fourth-order valence-electron chi connectivity index (χ4n) is 0.884. The lowest BCUT2D eigenvalue weighted by Gasteiger charge is -2.07. The molecule has 0 aliphatic heterocycles. The van der Waals surface area contributed by atoms with Gasteiger partial charge in [0.1, 0.15) is 13.2 Å². The molecule has 6 heteroatoms. The highest BCUT2D eigenvalue weighted by atomic mass is 16.6. The number of rotatable bonds is 11. The lowest BCUT2D eigenvalue weighted by molar-refractivity contribution is -0.152. The number of esters is 2. The van der Waals surface area contributed by atoms with Gasteiger partial charge in [0.2, 0.25) is 0 Å². The summed E-state index contributed by atoms with van der Waals surface area (Å²) < 4.78 is 19.4. The van der Waals surface area contributed by atoms with Gasteiger partial charge in [-0.25, -0.2) is 9.59 Å². The number of hydrogen-bond donors (Lipinski definition) is 0. The smallest absolute Gasteiger partial charge is 0.331 e. The fraction of sp³-hybridized carbons (Fsp3) is 0.667. The van der Waals surface area contributed by atoms with E-state index in [2.05, 4.69) is 13.8 Å². The zero-order valence-electron chi connectivity index (χ0n) is 10.5. The van der Waals surface area contributed by atoms with Gasteiger partial charge >= 0.3 is 11.9 Å². The molecule has 0 aromatic carbocycles. The molecule has 0 fully saturated rings. The van der Waals surface area contributed by atoms with Crippen LogP contribution in [0.15, 0.2) is 0 Å². The van der Waals surface area contributed by atoms with E-state index in [-0.39, 0.29) is 39.6 Å². The molecular weight excluding hydrogens is 240 g/mol. The molecule has 0 aromatic rings. The molecule has 6 nitrogen and oxygen atoms in total. The molecule has 0 aliphatic rings. The van der Waals surface area contributed by atoms with Crippen molar-refractivity contribution in [3.63, 3.8) is 0 Å². The number of ether oxygens (including phenoxy) is 4. The highest BCUT2D eigenvalue weighted by Crippen LogP contribution is 1.87. The summed E-state index contributed by atoms with van der Waals surface area (Å²) in [5.74, 6) is -0.873. The minimum absolute atomic E-state index is 0.130. The summed E-state index contributed by atoms with van der Waals surface area (Å²) in [5, 5.41) is 0. The van der Waals surface area contributed by atoms with Crippen molar-refractivity contribution in [1.29, 1.82) is 0 Å². The quantitative estimate of drug-likeness (QED) is 0.307. The molecule has 0 radical (unpaired) electrons. The van der Waals surface area contributed by atoms with Crippen molar-refractivity contribution in [3.05, 3.63) is 13.8 Å². The van der Waals surface area contributed by atoms with Crippen LogP contribution in [0, 0.1) is 13.8 Å². The molecule has 0 heterocycles. The summed E-state index contributed by atoms with van der Waals surface area (Å²) in [4.78, 5) is 21.9. The second kappa shape index (κ2) is 12.3. The van der Waals surface area contributed by atoms with Crippen LogP contribution in [0.3, 0.4) is 0 Å². The van der Waals surface area contributed by atoms with Gasteiger partial charge in [0.15, 0.2) is 0 Å². The standard InChI is InChI=1S/C12H20O6/c1-3-5-17-11(13)9-15-7-8-16-10-12(14)18-6-4-2/h1-10H2/q-2. The van der Waals surface area contributed by atoms with Crippen LogP contribution in [0.4, 0.5) is 0 Å². The van der Waals surface area contributed by atoms with E-state index in [1.165, 1.54) is 0 Å². The zero-order valence-corrected chi connectivity index (χ0v) is 10.5. The van der Waals surface area contributed by atoms with E-state index in [4.69, 9.17) is 18.9 Å². The van der Waals surface area contributed by atoms with Crippen molar-refractivity contribution in [2.45, 2.75) is 12.8 Å². The average Bonchev–Trinajstić information content (AvgIpc) is 2.37. The maximum Gasteiger partial charge on any atom is 0.331 e. The molecular formula is C12H20O6-2. The number of carbonyl (C=O) groups is 2. The molecule has 0 amide bonds. The summed E-state index contributed by atoms with van der Waals surface area (Å²) in [6.07, 6.45) is 1.06.